The zero-order valence-electron chi connectivity index (χ0n) is 17.5. The van der Waals surface area contributed by atoms with Crippen LogP contribution in [0.15, 0.2) is 60.7 Å². The molecule has 1 aliphatic heterocycles. The monoisotopic (exact) mass is 468 g/mol. The fraction of sp³-hybridized carbons (Fsp3) is 0.200. The molecule has 0 radical (unpaired) electrons. The molecular weight excluding hydrogens is 447 g/mol. The van der Waals surface area contributed by atoms with Crippen molar-refractivity contribution in [1.82, 2.24) is 4.90 Å². The van der Waals surface area contributed by atoms with Crippen LogP contribution < -0.4 is 4.90 Å². The van der Waals surface area contributed by atoms with E-state index in [4.69, 9.17) is 23.2 Å². The average Bonchev–Trinajstić information content (AvgIpc) is 2.81. The molecule has 1 N–H and O–H groups in total. The predicted molar refractivity (Wildman–Crippen MR) is 128 cm³/mol. The Bertz CT molecular complexity index is 1170. The number of hydrogen-bond acceptors (Lipinski definition) is 3. The van der Waals surface area contributed by atoms with E-state index in [0.29, 0.717) is 41.8 Å². The lowest BCUT2D eigenvalue weighted by molar-refractivity contribution is 0.0695. The molecule has 1 fully saturated rings. The van der Waals surface area contributed by atoms with Crippen LogP contribution in [0.1, 0.15) is 26.3 Å². The molecule has 0 bridgehead atoms. The van der Waals surface area contributed by atoms with Crippen LogP contribution >= 0.6 is 23.2 Å². The molecule has 3 aromatic rings. The van der Waals surface area contributed by atoms with Crippen molar-refractivity contribution in [2.24, 2.45) is 0 Å². The van der Waals surface area contributed by atoms with Gasteiger partial charge >= 0.3 is 5.97 Å². The average molecular weight is 469 g/mol. The third-order valence-electron chi connectivity index (χ3n) is 5.77. The van der Waals surface area contributed by atoms with Crippen molar-refractivity contribution in [2.75, 3.05) is 31.1 Å². The number of benzene rings is 3. The van der Waals surface area contributed by atoms with E-state index in [1.807, 2.05) is 36.1 Å². The van der Waals surface area contributed by atoms with Gasteiger partial charge in [0.05, 0.1) is 21.3 Å². The summed E-state index contributed by atoms with van der Waals surface area (Å²) in [6, 6.07) is 17.9. The molecule has 1 saturated heterocycles. The van der Waals surface area contributed by atoms with Gasteiger partial charge in [-0.2, -0.15) is 0 Å². The first-order valence-corrected chi connectivity index (χ1v) is 11.0. The Morgan fingerprint density at radius 3 is 2.19 bits per heavy atom. The molecule has 0 unspecified atom stereocenters. The van der Waals surface area contributed by atoms with Crippen LogP contribution in [-0.4, -0.2) is 48.1 Å². The molecule has 0 atom stereocenters. The fourth-order valence-electron chi connectivity index (χ4n) is 3.93. The number of hydrogen-bond donors (Lipinski definition) is 1. The van der Waals surface area contributed by atoms with Gasteiger partial charge in [-0.25, -0.2) is 4.79 Å². The second-order valence-electron chi connectivity index (χ2n) is 7.76. The number of piperazine rings is 1. The Morgan fingerprint density at radius 2 is 1.53 bits per heavy atom. The lowest BCUT2D eigenvalue weighted by Gasteiger charge is -2.36. The van der Waals surface area contributed by atoms with Crippen LogP contribution in [0.4, 0.5) is 5.69 Å². The van der Waals surface area contributed by atoms with E-state index in [2.05, 4.69) is 4.90 Å². The van der Waals surface area contributed by atoms with Gasteiger partial charge < -0.3 is 14.9 Å². The summed E-state index contributed by atoms with van der Waals surface area (Å²) in [4.78, 5) is 28.3. The lowest BCUT2D eigenvalue weighted by Crippen LogP contribution is -2.48. The molecule has 0 aliphatic carbocycles. The van der Waals surface area contributed by atoms with Gasteiger partial charge in [-0.15, -0.1) is 0 Å². The van der Waals surface area contributed by atoms with E-state index in [1.165, 1.54) is 0 Å². The number of carboxylic acids is 1. The Hall–Kier alpha value is -3.02. The molecule has 4 rings (SSSR count). The van der Waals surface area contributed by atoms with E-state index in [0.717, 1.165) is 22.4 Å². The van der Waals surface area contributed by atoms with Crippen molar-refractivity contribution in [1.29, 1.82) is 0 Å². The van der Waals surface area contributed by atoms with Gasteiger partial charge in [0.2, 0.25) is 0 Å². The van der Waals surface area contributed by atoms with Crippen LogP contribution in [0.25, 0.3) is 11.1 Å². The summed E-state index contributed by atoms with van der Waals surface area (Å²) in [5.74, 6) is -0.986. The Morgan fingerprint density at radius 1 is 0.875 bits per heavy atom. The van der Waals surface area contributed by atoms with Crippen molar-refractivity contribution >= 4 is 40.8 Å². The summed E-state index contributed by atoms with van der Waals surface area (Å²) < 4.78 is 0. The molecular formula is C25H22Cl2N2O3. The highest BCUT2D eigenvalue weighted by atomic mass is 35.5. The number of halogens is 2. The molecule has 1 amide bonds. The van der Waals surface area contributed by atoms with Crippen molar-refractivity contribution in [3.05, 3.63) is 87.4 Å². The van der Waals surface area contributed by atoms with Gasteiger partial charge in [-0.1, -0.05) is 47.5 Å². The van der Waals surface area contributed by atoms with Gasteiger partial charge in [0, 0.05) is 31.7 Å². The SMILES string of the molecule is Cc1ccc(C(=O)O)cc1-c1ccc(C(=O)N2CCN(c3cccc(Cl)c3Cl)CC2)cc1. The first-order valence-electron chi connectivity index (χ1n) is 10.3. The Kier molecular flexibility index (Phi) is 6.40. The number of carbonyl (C=O) groups is 2. The summed E-state index contributed by atoms with van der Waals surface area (Å²) in [5, 5.41) is 10.3. The van der Waals surface area contributed by atoms with Crippen LogP contribution in [0.2, 0.25) is 10.0 Å². The van der Waals surface area contributed by atoms with Crippen LogP contribution in [-0.2, 0) is 0 Å². The van der Waals surface area contributed by atoms with E-state index >= 15 is 0 Å². The van der Waals surface area contributed by atoms with Gasteiger partial charge in [-0.3, -0.25) is 4.79 Å². The first-order chi connectivity index (χ1) is 15.3. The summed E-state index contributed by atoms with van der Waals surface area (Å²) in [7, 11) is 0. The zero-order chi connectivity index (χ0) is 22.8. The first kappa shape index (κ1) is 22.2. The van der Waals surface area contributed by atoms with Crippen molar-refractivity contribution in [3.63, 3.8) is 0 Å². The molecule has 0 saturated carbocycles. The van der Waals surface area contributed by atoms with Crippen LogP contribution in [0.3, 0.4) is 0 Å². The summed E-state index contributed by atoms with van der Waals surface area (Å²) in [6.45, 7) is 4.45. The van der Waals surface area contributed by atoms with Gasteiger partial charge in [0.15, 0.2) is 0 Å². The molecule has 164 valence electrons. The largest absolute Gasteiger partial charge is 0.478 e. The maximum absolute atomic E-state index is 13.0. The molecule has 7 heteroatoms. The molecule has 5 nitrogen and oxygen atoms in total. The highest BCUT2D eigenvalue weighted by Crippen LogP contribution is 2.33. The van der Waals surface area contributed by atoms with Crippen molar-refractivity contribution < 1.29 is 14.7 Å². The minimum Gasteiger partial charge on any atom is -0.478 e. The standard InChI is InChI=1S/C25H22Cl2N2O3/c1-16-5-6-19(25(31)32)15-20(16)17-7-9-18(10-8-17)24(30)29-13-11-28(12-14-29)22-4-2-3-21(26)23(22)27/h2-10,15H,11-14H2,1H3,(H,31,32). The minimum absolute atomic E-state index is 0.0237. The lowest BCUT2D eigenvalue weighted by atomic mass is 9.97. The third kappa shape index (κ3) is 4.45. The molecule has 0 aromatic heterocycles. The number of carbonyl (C=O) groups excluding carboxylic acids is 1. The quantitative estimate of drug-likeness (QED) is 0.538. The minimum atomic E-state index is -0.962. The van der Waals surface area contributed by atoms with Gasteiger partial charge in [0.1, 0.15) is 0 Å². The number of rotatable bonds is 4. The number of anilines is 1. The predicted octanol–water partition coefficient (Wildman–Crippen LogP) is 5.63. The maximum atomic E-state index is 13.0. The van der Waals surface area contributed by atoms with Crippen LogP contribution in [0, 0.1) is 6.92 Å². The third-order valence-corrected chi connectivity index (χ3v) is 6.58. The van der Waals surface area contributed by atoms with Gasteiger partial charge in [-0.05, 0) is 60.0 Å². The van der Waals surface area contributed by atoms with E-state index < -0.39 is 5.97 Å². The highest BCUT2D eigenvalue weighted by molar-refractivity contribution is 6.43. The Labute approximate surface area is 196 Å². The molecule has 0 spiro atoms. The molecule has 1 heterocycles. The van der Waals surface area contributed by atoms with Crippen LogP contribution in [0.5, 0.6) is 0 Å². The number of aryl methyl sites for hydroxylation is 1. The maximum Gasteiger partial charge on any atom is 0.335 e. The second kappa shape index (κ2) is 9.23. The second-order valence-corrected chi connectivity index (χ2v) is 8.55. The van der Waals surface area contributed by atoms with E-state index in [-0.39, 0.29) is 11.5 Å². The topological polar surface area (TPSA) is 60.9 Å². The number of carboxylic acid groups (broad SMARTS) is 1. The van der Waals surface area contributed by atoms with E-state index in [1.54, 1.807) is 36.4 Å². The molecule has 32 heavy (non-hydrogen) atoms. The summed E-state index contributed by atoms with van der Waals surface area (Å²) in [6.07, 6.45) is 0. The number of nitrogens with zero attached hydrogens (tertiary/aromatic N) is 2. The normalized spacial score (nSPS) is 13.8. The summed E-state index contributed by atoms with van der Waals surface area (Å²) in [5.41, 5.74) is 4.43. The number of aromatic carboxylic acids is 1. The molecule has 3 aromatic carbocycles. The molecule has 1 aliphatic rings. The zero-order valence-corrected chi connectivity index (χ0v) is 19.0. The fourth-order valence-corrected chi connectivity index (χ4v) is 4.34. The highest BCUT2D eigenvalue weighted by Gasteiger charge is 2.24. The Balaban J connectivity index is 1.46. The van der Waals surface area contributed by atoms with Gasteiger partial charge in [0.25, 0.3) is 5.91 Å². The van der Waals surface area contributed by atoms with Crippen molar-refractivity contribution in [3.8, 4) is 11.1 Å². The summed E-state index contributed by atoms with van der Waals surface area (Å²) >= 11 is 12.5. The smallest absolute Gasteiger partial charge is 0.335 e. The van der Waals surface area contributed by atoms with Crippen molar-refractivity contribution in [2.45, 2.75) is 6.92 Å². The van der Waals surface area contributed by atoms with E-state index in [9.17, 15) is 14.7 Å². The number of amides is 1.